The Morgan fingerprint density at radius 1 is 1.00 bits per heavy atom. The van der Waals surface area contributed by atoms with Gasteiger partial charge in [-0.1, -0.05) is 45.0 Å². The predicted molar refractivity (Wildman–Crippen MR) is 84.4 cm³/mol. The fourth-order valence-electron chi connectivity index (χ4n) is 2.23. The maximum Gasteiger partial charge on any atom is 0.0336 e. The van der Waals surface area contributed by atoms with Crippen LogP contribution in [-0.4, -0.2) is 12.1 Å². The van der Waals surface area contributed by atoms with Gasteiger partial charge in [-0.25, -0.2) is 0 Å². The molecular weight excluding hydrogens is 232 g/mol. The van der Waals surface area contributed by atoms with Gasteiger partial charge in [0, 0.05) is 11.6 Å². The van der Waals surface area contributed by atoms with E-state index in [1.807, 2.05) is 0 Å². The van der Waals surface area contributed by atoms with Crippen LogP contribution >= 0.6 is 0 Å². The molecule has 108 valence electrons. The van der Waals surface area contributed by atoms with Crippen molar-refractivity contribution in [1.29, 1.82) is 0 Å². The van der Waals surface area contributed by atoms with Gasteiger partial charge in [0.05, 0.1) is 0 Å². The minimum atomic E-state index is 0.0997. The van der Waals surface area contributed by atoms with Crippen LogP contribution in [0, 0.1) is 0 Å². The third-order valence-corrected chi connectivity index (χ3v) is 3.24. The highest BCUT2D eigenvalue weighted by Crippen LogP contribution is 2.25. The first kappa shape index (κ1) is 16.2. The minimum Gasteiger partial charge on any atom is -0.330 e. The molecule has 1 aromatic carbocycles. The lowest BCUT2D eigenvalue weighted by Crippen LogP contribution is -2.39. The minimum absolute atomic E-state index is 0.0997. The van der Waals surface area contributed by atoms with E-state index in [1.165, 1.54) is 11.1 Å². The zero-order valence-electron chi connectivity index (χ0n) is 13.4. The molecule has 0 aliphatic rings. The molecule has 2 heteroatoms. The van der Waals surface area contributed by atoms with E-state index in [0.29, 0.717) is 12.6 Å². The Bertz CT molecular complexity index is 379. The van der Waals surface area contributed by atoms with E-state index in [1.54, 1.807) is 0 Å². The number of hydrogen-bond donors (Lipinski definition) is 2. The van der Waals surface area contributed by atoms with E-state index in [9.17, 15) is 0 Å². The molecule has 0 amide bonds. The first-order chi connectivity index (χ1) is 8.63. The summed E-state index contributed by atoms with van der Waals surface area (Å²) in [6, 6.07) is 9.28. The Kier molecular flexibility index (Phi) is 5.17. The predicted octanol–water partition coefficient (Wildman–Crippen LogP) is 3.76. The van der Waals surface area contributed by atoms with Crippen LogP contribution in [0.25, 0.3) is 0 Å². The topological polar surface area (TPSA) is 38.0 Å². The first-order valence-electron chi connectivity index (χ1n) is 7.22. The van der Waals surface area contributed by atoms with Gasteiger partial charge in [-0.05, 0) is 50.3 Å². The van der Waals surface area contributed by atoms with Crippen LogP contribution in [0.5, 0.6) is 0 Å². The van der Waals surface area contributed by atoms with Gasteiger partial charge in [-0.3, -0.25) is 0 Å². The number of benzene rings is 1. The van der Waals surface area contributed by atoms with Gasteiger partial charge in [0.2, 0.25) is 0 Å². The monoisotopic (exact) mass is 262 g/mol. The van der Waals surface area contributed by atoms with Crippen LogP contribution in [0.2, 0.25) is 0 Å². The van der Waals surface area contributed by atoms with Gasteiger partial charge in [0.1, 0.15) is 0 Å². The van der Waals surface area contributed by atoms with E-state index in [0.717, 1.165) is 6.42 Å². The normalized spacial score (nSPS) is 14.5. The third-order valence-electron chi connectivity index (χ3n) is 3.24. The molecule has 0 radical (unpaired) electrons. The Morgan fingerprint density at radius 2 is 1.53 bits per heavy atom. The molecule has 3 N–H and O–H groups in total. The van der Waals surface area contributed by atoms with Gasteiger partial charge < -0.3 is 11.1 Å². The molecular formula is C17H30N2. The molecule has 0 heterocycles. The van der Waals surface area contributed by atoms with Gasteiger partial charge in [0.25, 0.3) is 0 Å². The Balaban J connectivity index is 2.91. The summed E-state index contributed by atoms with van der Waals surface area (Å²) >= 11 is 0. The highest BCUT2D eigenvalue weighted by atomic mass is 15.0. The lowest BCUT2D eigenvalue weighted by molar-refractivity contribution is 0.353. The van der Waals surface area contributed by atoms with Crippen LogP contribution in [-0.2, 0) is 5.41 Å². The van der Waals surface area contributed by atoms with E-state index < -0.39 is 0 Å². The summed E-state index contributed by atoms with van der Waals surface area (Å²) in [6.07, 6.45) is 0.964. The van der Waals surface area contributed by atoms with Crippen LogP contribution in [0.15, 0.2) is 24.3 Å². The summed E-state index contributed by atoms with van der Waals surface area (Å²) < 4.78 is 0. The zero-order chi connectivity index (χ0) is 14.7. The summed E-state index contributed by atoms with van der Waals surface area (Å²) in [5, 5.41) is 3.65. The van der Waals surface area contributed by atoms with Crippen molar-refractivity contribution >= 4 is 0 Å². The summed E-state index contributed by atoms with van der Waals surface area (Å²) in [5.41, 5.74) is 8.75. The molecule has 0 fully saturated rings. The van der Waals surface area contributed by atoms with Gasteiger partial charge >= 0.3 is 0 Å². The van der Waals surface area contributed by atoms with Gasteiger partial charge in [0.15, 0.2) is 0 Å². The van der Waals surface area contributed by atoms with E-state index in [2.05, 4.69) is 71.1 Å². The van der Waals surface area contributed by atoms with Gasteiger partial charge in [-0.15, -0.1) is 0 Å². The van der Waals surface area contributed by atoms with Crippen LogP contribution < -0.4 is 11.1 Å². The number of hydrogen-bond acceptors (Lipinski definition) is 2. The smallest absolute Gasteiger partial charge is 0.0336 e. The zero-order valence-corrected chi connectivity index (χ0v) is 13.4. The van der Waals surface area contributed by atoms with Crippen molar-refractivity contribution in [2.24, 2.45) is 5.73 Å². The second-order valence-electron chi connectivity index (χ2n) is 7.40. The molecule has 0 aliphatic heterocycles. The molecule has 1 rings (SSSR count). The molecule has 0 bridgehead atoms. The second-order valence-corrected chi connectivity index (χ2v) is 7.40. The summed E-state index contributed by atoms with van der Waals surface area (Å²) in [5.74, 6) is 0. The highest BCUT2D eigenvalue weighted by Gasteiger charge is 2.19. The number of nitrogens with two attached hydrogens (primary N) is 1. The van der Waals surface area contributed by atoms with Crippen molar-refractivity contribution in [2.75, 3.05) is 6.54 Å². The molecule has 1 atom stereocenters. The van der Waals surface area contributed by atoms with Gasteiger partial charge in [-0.2, -0.15) is 0 Å². The van der Waals surface area contributed by atoms with Crippen LogP contribution in [0.1, 0.15) is 65.1 Å². The van der Waals surface area contributed by atoms with Crippen molar-refractivity contribution in [1.82, 2.24) is 5.32 Å². The lowest BCUT2D eigenvalue weighted by atomic mass is 9.86. The Labute approximate surface area is 118 Å². The third kappa shape index (κ3) is 5.33. The fraction of sp³-hybridized carbons (Fsp3) is 0.647. The van der Waals surface area contributed by atoms with Crippen molar-refractivity contribution in [2.45, 2.75) is 65.0 Å². The molecule has 1 aromatic rings. The largest absolute Gasteiger partial charge is 0.330 e. The molecule has 19 heavy (non-hydrogen) atoms. The quantitative estimate of drug-likeness (QED) is 0.867. The van der Waals surface area contributed by atoms with E-state index in [4.69, 9.17) is 5.73 Å². The Hall–Kier alpha value is -0.860. The van der Waals surface area contributed by atoms with Crippen molar-refractivity contribution in [3.8, 4) is 0 Å². The first-order valence-corrected chi connectivity index (χ1v) is 7.22. The average molecular weight is 262 g/mol. The van der Waals surface area contributed by atoms with Crippen molar-refractivity contribution in [3.63, 3.8) is 0 Å². The standard InChI is InChI=1S/C17H30N2/c1-16(2,3)14-9-7-13(8-10-14)15(11-12-18)19-17(4,5)6/h7-10,15,19H,11-12,18H2,1-6H3/t15-/m1/s1. The average Bonchev–Trinajstić information content (AvgIpc) is 2.26. The molecule has 0 unspecified atom stereocenters. The summed E-state index contributed by atoms with van der Waals surface area (Å²) in [4.78, 5) is 0. The SMILES string of the molecule is CC(C)(C)N[C@H](CCN)c1ccc(C(C)(C)C)cc1. The van der Waals surface area contributed by atoms with Crippen LogP contribution in [0.4, 0.5) is 0 Å². The second kappa shape index (κ2) is 6.06. The maximum atomic E-state index is 5.74. The van der Waals surface area contributed by atoms with Crippen molar-refractivity contribution < 1.29 is 0 Å². The number of rotatable bonds is 4. The molecule has 0 aromatic heterocycles. The Morgan fingerprint density at radius 3 is 1.89 bits per heavy atom. The van der Waals surface area contributed by atoms with E-state index in [-0.39, 0.29) is 11.0 Å². The summed E-state index contributed by atoms with van der Waals surface area (Å²) in [6.45, 7) is 14.0. The molecule has 0 aliphatic carbocycles. The molecule has 0 spiro atoms. The molecule has 2 nitrogen and oxygen atoms in total. The fourth-order valence-corrected chi connectivity index (χ4v) is 2.23. The molecule has 0 saturated carbocycles. The number of nitrogens with one attached hydrogen (secondary N) is 1. The summed E-state index contributed by atoms with van der Waals surface area (Å²) in [7, 11) is 0. The molecule has 0 saturated heterocycles. The maximum absolute atomic E-state index is 5.74. The lowest BCUT2D eigenvalue weighted by Gasteiger charge is -2.29. The van der Waals surface area contributed by atoms with E-state index >= 15 is 0 Å². The van der Waals surface area contributed by atoms with Crippen molar-refractivity contribution in [3.05, 3.63) is 35.4 Å². The van der Waals surface area contributed by atoms with Crippen LogP contribution in [0.3, 0.4) is 0 Å². The highest BCUT2D eigenvalue weighted by molar-refractivity contribution is 5.29.